The summed E-state index contributed by atoms with van der Waals surface area (Å²) in [5.41, 5.74) is 1.24. The van der Waals surface area contributed by atoms with Crippen LogP contribution in [-0.2, 0) is 9.59 Å². The molecular weight excluding hydrogens is 378 g/mol. The zero-order chi connectivity index (χ0) is 22.1. The number of aliphatic hydroxyl groups is 1. The van der Waals surface area contributed by atoms with Crippen molar-refractivity contribution in [1.82, 2.24) is 0 Å². The van der Waals surface area contributed by atoms with Crippen LogP contribution in [0.15, 0.2) is 40.6 Å². The monoisotopic (exact) mass is 407 g/mol. The lowest BCUT2D eigenvalue weighted by molar-refractivity contribution is -0.126. The molecular formula is C24H29N3O3. The Labute approximate surface area is 177 Å². The topological polar surface area (TPSA) is 103 Å². The lowest BCUT2D eigenvalue weighted by Crippen LogP contribution is -2.44. The van der Waals surface area contributed by atoms with E-state index in [1.807, 2.05) is 45.9 Å². The number of carbonyl (C=O) groups is 2. The van der Waals surface area contributed by atoms with Gasteiger partial charge >= 0.3 is 0 Å². The van der Waals surface area contributed by atoms with Gasteiger partial charge < -0.3 is 10.4 Å². The van der Waals surface area contributed by atoms with Gasteiger partial charge in [-0.1, -0.05) is 33.8 Å². The highest BCUT2D eigenvalue weighted by Gasteiger charge is 2.40. The number of hydrogen-bond acceptors (Lipinski definition) is 6. The summed E-state index contributed by atoms with van der Waals surface area (Å²) in [5.74, 6) is -0.729. The number of aliphatic hydroxyl groups excluding tert-OH is 1. The highest BCUT2D eigenvalue weighted by molar-refractivity contribution is 6.14. The quantitative estimate of drug-likeness (QED) is 0.691. The van der Waals surface area contributed by atoms with Crippen LogP contribution < -0.4 is 5.32 Å². The molecule has 1 fully saturated rings. The normalized spacial score (nSPS) is 26.0. The minimum Gasteiger partial charge on any atom is -0.511 e. The van der Waals surface area contributed by atoms with E-state index in [9.17, 15) is 20.0 Å². The number of aliphatic imine (C=N–C) groups is 1. The molecule has 6 heteroatoms. The maximum Gasteiger partial charge on any atom is 0.168 e. The van der Waals surface area contributed by atoms with Gasteiger partial charge in [0, 0.05) is 37.2 Å². The molecule has 1 aromatic rings. The minimum absolute atomic E-state index is 0.0263. The largest absolute Gasteiger partial charge is 0.511 e. The second-order valence-corrected chi connectivity index (χ2v) is 9.98. The Morgan fingerprint density at radius 2 is 1.90 bits per heavy atom. The number of nitrogens with one attached hydrogen (secondary N) is 1. The maximum absolute atomic E-state index is 12.3. The smallest absolute Gasteiger partial charge is 0.168 e. The van der Waals surface area contributed by atoms with E-state index in [4.69, 9.17) is 0 Å². The van der Waals surface area contributed by atoms with E-state index in [1.54, 1.807) is 6.07 Å². The molecule has 0 aromatic heterocycles. The average Bonchev–Trinajstić information content (AvgIpc) is 2.59. The second kappa shape index (κ2) is 8.06. The van der Waals surface area contributed by atoms with Gasteiger partial charge in [0.15, 0.2) is 11.6 Å². The Kier molecular flexibility index (Phi) is 5.85. The van der Waals surface area contributed by atoms with Gasteiger partial charge in [0.1, 0.15) is 11.7 Å². The molecule has 0 bridgehead atoms. The van der Waals surface area contributed by atoms with Crippen LogP contribution in [0.25, 0.3) is 0 Å². The minimum atomic E-state index is -0.671. The van der Waals surface area contributed by atoms with Gasteiger partial charge in [-0.3, -0.25) is 14.6 Å². The summed E-state index contributed by atoms with van der Waals surface area (Å²) in [7, 11) is 0. The molecule has 0 amide bonds. The van der Waals surface area contributed by atoms with Gasteiger partial charge in [0.05, 0.1) is 17.3 Å². The molecule has 0 spiro atoms. The highest BCUT2D eigenvalue weighted by Crippen LogP contribution is 2.38. The number of Topliss-reactive ketones (excluding diaryl/α,β-unsaturated/α-hetero) is 2. The van der Waals surface area contributed by atoms with Crippen molar-refractivity contribution in [2.75, 3.05) is 5.32 Å². The van der Waals surface area contributed by atoms with Crippen LogP contribution in [0.5, 0.6) is 0 Å². The summed E-state index contributed by atoms with van der Waals surface area (Å²) in [6.07, 6.45) is 3.38. The number of ketones is 2. The van der Waals surface area contributed by atoms with Gasteiger partial charge in [-0.25, -0.2) is 0 Å². The Morgan fingerprint density at radius 3 is 2.57 bits per heavy atom. The van der Waals surface area contributed by atoms with Crippen molar-refractivity contribution >= 4 is 29.2 Å². The van der Waals surface area contributed by atoms with E-state index in [-0.39, 0.29) is 39.8 Å². The van der Waals surface area contributed by atoms with Gasteiger partial charge in [0.2, 0.25) is 0 Å². The van der Waals surface area contributed by atoms with Crippen LogP contribution in [0.3, 0.4) is 0 Å². The van der Waals surface area contributed by atoms with E-state index in [0.29, 0.717) is 24.9 Å². The summed E-state index contributed by atoms with van der Waals surface area (Å²) in [6.45, 7) is 7.99. The van der Waals surface area contributed by atoms with Crippen molar-refractivity contribution in [1.29, 1.82) is 5.26 Å². The molecule has 3 rings (SSSR count). The predicted molar refractivity (Wildman–Crippen MR) is 117 cm³/mol. The third-order valence-electron chi connectivity index (χ3n) is 5.75. The summed E-state index contributed by atoms with van der Waals surface area (Å²) in [4.78, 5) is 29.1. The number of anilines is 1. The SMILES string of the molecule is CC1(C)CC(=O)C(C=Nc2cccc(N[C@@H]3CC(C)(C)CC(=O)[C@@H]3C#N)c2)=C(O)C1. The fourth-order valence-corrected chi connectivity index (χ4v) is 4.37. The van der Waals surface area contributed by atoms with E-state index >= 15 is 0 Å². The molecule has 2 atom stereocenters. The summed E-state index contributed by atoms with van der Waals surface area (Å²) < 4.78 is 0. The molecule has 158 valence electrons. The second-order valence-electron chi connectivity index (χ2n) is 9.98. The van der Waals surface area contributed by atoms with Crippen LogP contribution in [-0.4, -0.2) is 28.9 Å². The van der Waals surface area contributed by atoms with Crippen molar-refractivity contribution in [3.05, 3.63) is 35.6 Å². The number of hydrogen-bond donors (Lipinski definition) is 2. The molecule has 6 nitrogen and oxygen atoms in total. The lowest BCUT2D eigenvalue weighted by atomic mass is 9.70. The van der Waals surface area contributed by atoms with Crippen LogP contribution in [0, 0.1) is 28.1 Å². The van der Waals surface area contributed by atoms with Crippen molar-refractivity contribution in [3.8, 4) is 6.07 Å². The number of nitrogens with zero attached hydrogens (tertiary/aromatic N) is 2. The fraction of sp³-hybridized carbons (Fsp3) is 0.500. The molecule has 1 saturated carbocycles. The van der Waals surface area contributed by atoms with Crippen LogP contribution in [0.4, 0.5) is 11.4 Å². The molecule has 0 saturated heterocycles. The fourth-order valence-electron chi connectivity index (χ4n) is 4.37. The molecule has 1 aromatic carbocycles. The third kappa shape index (κ3) is 4.96. The highest BCUT2D eigenvalue weighted by atomic mass is 16.3. The zero-order valence-corrected chi connectivity index (χ0v) is 18.0. The number of rotatable bonds is 4. The van der Waals surface area contributed by atoms with Gasteiger partial charge in [0.25, 0.3) is 0 Å². The summed E-state index contributed by atoms with van der Waals surface area (Å²) in [5, 5.41) is 23.0. The van der Waals surface area contributed by atoms with Crippen LogP contribution in [0.2, 0.25) is 0 Å². The molecule has 0 aliphatic heterocycles. The molecule has 2 aliphatic rings. The third-order valence-corrected chi connectivity index (χ3v) is 5.75. The first-order chi connectivity index (χ1) is 14.0. The van der Waals surface area contributed by atoms with E-state index < -0.39 is 5.92 Å². The maximum atomic E-state index is 12.3. The molecule has 0 unspecified atom stereocenters. The summed E-state index contributed by atoms with van der Waals surface area (Å²) >= 11 is 0. The number of carbonyl (C=O) groups excluding carboxylic acids is 2. The first-order valence-electron chi connectivity index (χ1n) is 10.3. The van der Waals surface area contributed by atoms with E-state index in [0.717, 1.165) is 12.1 Å². The van der Waals surface area contributed by atoms with Gasteiger partial charge in [-0.05, 0) is 35.4 Å². The Bertz CT molecular complexity index is 966. The number of nitriles is 1. The average molecular weight is 408 g/mol. The first kappa shape index (κ1) is 21.8. The van der Waals surface area contributed by atoms with Crippen molar-refractivity contribution in [2.45, 2.75) is 59.4 Å². The number of benzene rings is 1. The van der Waals surface area contributed by atoms with E-state index in [1.165, 1.54) is 6.21 Å². The Hall–Kier alpha value is -2.94. The van der Waals surface area contributed by atoms with E-state index in [2.05, 4.69) is 16.4 Å². The summed E-state index contributed by atoms with van der Waals surface area (Å²) in [6, 6.07) is 9.19. The zero-order valence-electron chi connectivity index (χ0n) is 18.0. The standard InChI is InChI=1S/C24H29N3O3/c1-23(2)9-19(17(13-25)20(28)10-23)27-16-7-5-6-15(8-16)26-14-18-21(29)11-24(3,4)12-22(18)30/h5-8,14,17,19,27,29H,9-12H2,1-4H3/t17-,19-/m1/s1. The molecule has 0 heterocycles. The Balaban J connectivity index is 1.78. The number of allylic oxidation sites excluding steroid dienone is 2. The van der Waals surface area contributed by atoms with Crippen molar-refractivity contribution in [3.63, 3.8) is 0 Å². The van der Waals surface area contributed by atoms with Crippen LogP contribution in [0.1, 0.15) is 53.4 Å². The first-order valence-corrected chi connectivity index (χ1v) is 10.3. The molecule has 2 aliphatic carbocycles. The molecule has 30 heavy (non-hydrogen) atoms. The Morgan fingerprint density at radius 1 is 1.17 bits per heavy atom. The predicted octanol–water partition coefficient (Wildman–Crippen LogP) is 4.90. The van der Waals surface area contributed by atoms with Gasteiger partial charge in [-0.2, -0.15) is 5.26 Å². The van der Waals surface area contributed by atoms with Crippen molar-refractivity contribution < 1.29 is 14.7 Å². The van der Waals surface area contributed by atoms with Gasteiger partial charge in [-0.15, -0.1) is 0 Å². The lowest BCUT2D eigenvalue weighted by Gasteiger charge is -2.37. The van der Waals surface area contributed by atoms with Crippen LogP contribution >= 0.6 is 0 Å². The van der Waals surface area contributed by atoms with Crippen molar-refractivity contribution in [2.24, 2.45) is 21.7 Å². The molecule has 2 N–H and O–H groups in total. The molecule has 0 radical (unpaired) electrons.